The van der Waals surface area contributed by atoms with Gasteiger partial charge >= 0.3 is 0 Å². The third kappa shape index (κ3) is 4.00. The van der Waals surface area contributed by atoms with Crippen molar-refractivity contribution < 1.29 is 9.13 Å². The third-order valence-corrected chi connectivity index (χ3v) is 5.51. The Labute approximate surface area is 144 Å². The number of aromatic amines is 1. The van der Waals surface area contributed by atoms with Gasteiger partial charge in [-0.05, 0) is 56.8 Å². The van der Waals surface area contributed by atoms with Crippen molar-refractivity contribution in [1.29, 1.82) is 0 Å². The monoisotopic (exact) mass is 355 g/mol. The summed E-state index contributed by atoms with van der Waals surface area (Å²) >= 11 is 7.49. The molecule has 23 heavy (non-hydrogen) atoms. The summed E-state index contributed by atoms with van der Waals surface area (Å²) < 4.78 is 21.9. The maximum Gasteiger partial charge on any atom is 0.166 e. The Morgan fingerprint density at radius 2 is 2.09 bits per heavy atom. The number of aromatic nitrogens is 2. The lowest BCUT2D eigenvalue weighted by Gasteiger charge is -2.31. The second-order valence-electron chi connectivity index (χ2n) is 5.68. The number of hydrogen-bond donors (Lipinski definition) is 1. The number of piperidine rings is 1. The van der Waals surface area contributed by atoms with Gasteiger partial charge in [0.25, 0.3) is 0 Å². The van der Waals surface area contributed by atoms with Gasteiger partial charge in [0.15, 0.2) is 11.6 Å². The van der Waals surface area contributed by atoms with Crippen LogP contribution in [0.15, 0.2) is 23.1 Å². The molecule has 1 N–H and O–H groups in total. The molecule has 0 unspecified atom stereocenters. The standard InChI is InChI=1S/C16H19ClFN3OS/c1-10-16(11(2)20-19-10)23-21-7-5-13(6-8-21)22-15-4-3-12(17)9-14(15)18/h3-4,9,13H,5-8H2,1-2H3,(H,19,20). The van der Waals surface area contributed by atoms with E-state index in [2.05, 4.69) is 14.5 Å². The molecule has 1 aromatic heterocycles. The normalized spacial score (nSPS) is 16.7. The average Bonchev–Trinajstić information content (AvgIpc) is 2.84. The van der Waals surface area contributed by atoms with Gasteiger partial charge in [0.05, 0.1) is 10.6 Å². The lowest BCUT2D eigenvalue weighted by molar-refractivity contribution is 0.133. The predicted octanol–water partition coefficient (Wildman–Crippen LogP) is 4.37. The fourth-order valence-electron chi connectivity index (χ4n) is 2.60. The van der Waals surface area contributed by atoms with Crippen LogP contribution in [0.4, 0.5) is 4.39 Å². The van der Waals surface area contributed by atoms with Crippen LogP contribution in [0, 0.1) is 19.7 Å². The molecule has 1 saturated heterocycles. The Morgan fingerprint density at radius 3 is 2.70 bits per heavy atom. The first-order valence-corrected chi connectivity index (χ1v) is 8.74. The van der Waals surface area contributed by atoms with E-state index in [-0.39, 0.29) is 11.9 Å². The Balaban J connectivity index is 1.54. The number of aryl methyl sites for hydroxylation is 2. The maximum atomic E-state index is 13.8. The van der Waals surface area contributed by atoms with Gasteiger partial charge in [0, 0.05) is 23.8 Å². The number of rotatable bonds is 4. The molecule has 2 aromatic rings. The molecule has 1 aliphatic rings. The fourth-order valence-corrected chi connectivity index (χ4v) is 3.77. The number of nitrogens with one attached hydrogen (secondary N) is 1. The van der Waals surface area contributed by atoms with E-state index in [9.17, 15) is 4.39 Å². The first-order valence-electron chi connectivity index (χ1n) is 7.59. The first kappa shape index (κ1) is 16.6. The van der Waals surface area contributed by atoms with E-state index in [1.807, 2.05) is 13.8 Å². The average molecular weight is 356 g/mol. The Kier molecular flexibility index (Phi) is 5.14. The molecule has 1 fully saturated rings. The van der Waals surface area contributed by atoms with E-state index in [0.29, 0.717) is 5.02 Å². The van der Waals surface area contributed by atoms with Crippen molar-refractivity contribution in [1.82, 2.24) is 14.5 Å². The summed E-state index contributed by atoms with van der Waals surface area (Å²) in [5, 5.41) is 7.61. The molecule has 0 bridgehead atoms. The van der Waals surface area contributed by atoms with Crippen LogP contribution in [-0.4, -0.2) is 33.7 Å². The molecule has 0 aliphatic carbocycles. The summed E-state index contributed by atoms with van der Waals surface area (Å²) in [6.07, 6.45) is 1.77. The zero-order valence-corrected chi connectivity index (χ0v) is 14.7. The van der Waals surface area contributed by atoms with E-state index >= 15 is 0 Å². The van der Waals surface area contributed by atoms with Gasteiger partial charge in [-0.15, -0.1) is 0 Å². The van der Waals surface area contributed by atoms with E-state index < -0.39 is 5.82 Å². The molecule has 4 nitrogen and oxygen atoms in total. The highest BCUT2D eigenvalue weighted by Gasteiger charge is 2.23. The Bertz CT molecular complexity index is 666. The second kappa shape index (κ2) is 7.11. The number of nitrogens with zero attached hydrogens (tertiary/aromatic N) is 2. The molecule has 7 heteroatoms. The fraction of sp³-hybridized carbons (Fsp3) is 0.438. The number of ether oxygens (including phenoxy) is 1. The SMILES string of the molecule is Cc1n[nH]c(C)c1SN1CCC(Oc2ccc(Cl)cc2F)CC1. The highest BCUT2D eigenvalue weighted by atomic mass is 35.5. The highest BCUT2D eigenvalue weighted by molar-refractivity contribution is 7.97. The van der Waals surface area contributed by atoms with Crippen LogP contribution in [0.3, 0.4) is 0 Å². The molecule has 0 amide bonds. The summed E-state index contributed by atoms with van der Waals surface area (Å²) in [4.78, 5) is 1.19. The van der Waals surface area contributed by atoms with Crippen LogP contribution >= 0.6 is 23.5 Å². The van der Waals surface area contributed by atoms with Gasteiger partial charge in [-0.1, -0.05) is 11.6 Å². The highest BCUT2D eigenvalue weighted by Crippen LogP contribution is 2.31. The number of hydrogen-bond acceptors (Lipinski definition) is 4. The smallest absolute Gasteiger partial charge is 0.166 e. The molecule has 0 atom stereocenters. The molecular weight excluding hydrogens is 337 g/mol. The lowest BCUT2D eigenvalue weighted by Crippen LogP contribution is -2.34. The van der Waals surface area contributed by atoms with Crippen molar-refractivity contribution in [3.05, 3.63) is 40.4 Å². The van der Waals surface area contributed by atoms with Gasteiger partial charge < -0.3 is 4.74 Å². The minimum atomic E-state index is -0.404. The molecule has 0 radical (unpaired) electrons. The van der Waals surface area contributed by atoms with Crippen molar-refractivity contribution in [2.24, 2.45) is 0 Å². The van der Waals surface area contributed by atoms with Crippen LogP contribution in [0.2, 0.25) is 5.02 Å². The lowest BCUT2D eigenvalue weighted by atomic mass is 10.1. The third-order valence-electron chi connectivity index (χ3n) is 3.87. The largest absolute Gasteiger partial charge is 0.487 e. The molecule has 1 aromatic carbocycles. The molecule has 1 aliphatic heterocycles. The summed E-state index contributed by atoms with van der Waals surface area (Å²) in [7, 11) is 0. The summed E-state index contributed by atoms with van der Waals surface area (Å²) in [5.74, 6) is -0.124. The molecule has 0 saturated carbocycles. The van der Waals surface area contributed by atoms with Crippen LogP contribution in [0.5, 0.6) is 5.75 Å². The quantitative estimate of drug-likeness (QED) is 0.827. The van der Waals surface area contributed by atoms with Gasteiger partial charge in [-0.25, -0.2) is 8.70 Å². The number of benzene rings is 1. The predicted molar refractivity (Wildman–Crippen MR) is 90.6 cm³/mol. The minimum absolute atomic E-state index is 0.0362. The van der Waals surface area contributed by atoms with E-state index in [4.69, 9.17) is 16.3 Å². The zero-order chi connectivity index (χ0) is 16.4. The van der Waals surface area contributed by atoms with Crippen LogP contribution in [0.25, 0.3) is 0 Å². The van der Waals surface area contributed by atoms with E-state index in [1.165, 1.54) is 11.0 Å². The summed E-state index contributed by atoms with van der Waals surface area (Å²) in [5.41, 5.74) is 2.11. The molecule has 2 heterocycles. The van der Waals surface area contributed by atoms with Gasteiger partial charge in [-0.3, -0.25) is 5.10 Å². The number of H-pyrrole nitrogens is 1. The van der Waals surface area contributed by atoms with Crippen molar-refractivity contribution in [3.63, 3.8) is 0 Å². The van der Waals surface area contributed by atoms with Crippen molar-refractivity contribution >= 4 is 23.5 Å². The Morgan fingerprint density at radius 1 is 1.35 bits per heavy atom. The minimum Gasteiger partial charge on any atom is -0.487 e. The van der Waals surface area contributed by atoms with Crippen molar-refractivity contribution in [3.8, 4) is 5.75 Å². The van der Waals surface area contributed by atoms with Gasteiger partial charge in [-0.2, -0.15) is 5.10 Å². The Hall–Kier alpha value is -1.24. The maximum absolute atomic E-state index is 13.8. The summed E-state index contributed by atoms with van der Waals surface area (Å²) in [6.45, 7) is 5.83. The van der Waals surface area contributed by atoms with Gasteiger partial charge in [0.2, 0.25) is 0 Å². The molecular formula is C16H19ClFN3OS. The molecule has 3 rings (SSSR count). The topological polar surface area (TPSA) is 41.2 Å². The second-order valence-corrected chi connectivity index (χ2v) is 7.22. The van der Waals surface area contributed by atoms with Crippen LogP contribution in [0.1, 0.15) is 24.2 Å². The molecule has 0 spiro atoms. The van der Waals surface area contributed by atoms with Crippen LogP contribution in [-0.2, 0) is 0 Å². The summed E-state index contributed by atoms with van der Waals surface area (Å²) in [6, 6.07) is 4.53. The van der Waals surface area contributed by atoms with Crippen molar-refractivity contribution in [2.45, 2.75) is 37.7 Å². The first-order chi connectivity index (χ1) is 11.0. The van der Waals surface area contributed by atoms with Crippen molar-refractivity contribution in [2.75, 3.05) is 13.1 Å². The van der Waals surface area contributed by atoms with Gasteiger partial charge in [0.1, 0.15) is 6.10 Å². The molecule has 124 valence electrons. The zero-order valence-electron chi connectivity index (χ0n) is 13.1. The van der Waals surface area contributed by atoms with Crippen LogP contribution < -0.4 is 4.74 Å². The number of halogens is 2. The van der Waals surface area contributed by atoms with E-state index in [0.717, 1.165) is 37.3 Å². The van der Waals surface area contributed by atoms with E-state index in [1.54, 1.807) is 24.1 Å².